The van der Waals surface area contributed by atoms with Crippen LogP contribution in [0.3, 0.4) is 0 Å². The molecule has 0 radical (unpaired) electrons. The number of carbonyl (C=O) groups is 1. The maximum absolute atomic E-state index is 12.3. The van der Waals surface area contributed by atoms with Gasteiger partial charge in [-0.05, 0) is 30.7 Å². The molecule has 1 unspecified atom stereocenters. The lowest BCUT2D eigenvalue weighted by Crippen LogP contribution is -2.21. The number of hydrogen-bond acceptors (Lipinski definition) is 4. The highest BCUT2D eigenvalue weighted by atomic mass is 16.5. The topological polar surface area (TPSA) is 70.1 Å². The largest absolute Gasteiger partial charge is 0.494 e. The molecule has 1 heterocycles. The summed E-state index contributed by atoms with van der Waals surface area (Å²) in [5.74, 6) is 0.637. The van der Waals surface area contributed by atoms with Crippen molar-refractivity contribution in [1.82, 2.24) is 9.78 Å². The predicted octanol–water partition coefficient (Wildman–Crippen LogP) is 2.09. The lowest BCUT2D eigenvalue weighted by atomic mass is 10.0. The van der Waals surface area contributed by atoms with Crippen molar-refractivity contribution in [2.75, 3.05) is 6.61 Å². The van der Waals surface area contributed by atoms with Crippen LogP contribution in [0.1, 0.15) is 35.3 Å². The van der Waals surface area contributed by atoms with Gasteiger partial charge >= 0.3 is 0 Å². The van der Waals surface area contributed by atoms with Gasteiger partial charge in [-0.15, -0.1) is 0 Å². The van der Waals surface area contributed by atoms with Gasteiger partial charge < -0.3 is 10.5 Å². The molecule has 0 fully saturated rings. The Labute approximate surface area is 118 Å². The highest BCUT2D eigenvalue weighted by molar-refractivity contribution is 6.00. The van der Waals surface area contributed by atoms with Gasteiger partial charge in [0.25, 0.3) is 0 Å². The van der Waals surface area contributed by atoms with Crippen LogP contribution < -0.4 is 10.5 Å². The summed E-state index contributed by atoms with van der Waals surface area (Å²) in [6.45, 7) is 2.72. The van der Waals surface area contributed by atoms with Crippen molar-refractivity contribution in [3.63, 3.8) is 0 Å². The summed E-state index contributed by atoms with van der Waals surface area (Å²) in [6, 6.07) is 6.37. The monoisotopic (exact) mass is 273 g/mol. The van der Waals surface area contributed by atoms with Crippen LogP contribution >= 0.6 is 0 Å². The van der Waals surface area contributed by atoms with E-state index < -0.39 is 6.04 Å². The first-order valence-corrected chi connectivity index (χ1v) is 6.63. The molecule has 5 nitrogen and oxygen atoms in total. The smallest absolute Gasteiger partial charge is 0.184 e. The van der Waals surface area contributed by atoms with Gasteiger partial charge in [-0.1, -0.05) is 6.92 Å². The summed E-state index contributed by atoms with van der Waals surface area (Å²) < 4.78 is 7.11. The molecule has 2 N–H and O–H groups in total. The molecule has 5 heteroatoms. The van der Waals surface area contributed by atoms with Crippen LogP contribution in [0, 0.1) is 0 Å². The molecule has 1 aromatic carbocycles. The van der Waals surface area contributed by atoms with Crippen molar-refractivity contribution in [2.24, 2.45) is 12.8 Å². The minimum atomic E-state index is -0.689. The third-order valence-corrected chi connectivity index (χ3v) is 2.98. The zero-order chi connectivity index (χ0) is 14.5. The lowest BCUT2D eigenvalue weighted by molar-refractivity contribution is 0.0961. The first-order valence-electron chi connectivity index (χ1n) is 6.63. The second-order valence-corrected chi connectivity index (χ2v) is 4.66. The summed E-state index contributed by atoms with van der Waals surface area (Å²) in [4.78, 5) is 12.3. The number of ether oxygens (including phenoxy) is 1. The van der Waals surface area contributed by atoms with Crippen molar-refractivity contribution in [3.8, 4) is 5.75 Å². The van der Waals surface area contributed by atoms with Gasteiger partial charge in [0.1, 0.15) is 5.75 Å². The van der Waals surface area contributed by atoms with Crippen LogP contribution in [0.4, 0.5) is 0 Å². The van der Waals surface area contributed by atoms with Crippen LogP contribution in [-0.2, 0) is 7.05 Å². The van der Waals surface area contributed by atoms with E-state index in [9.17, 15) is 4.79 Å². The number of benzene rings is 1. The van der Waals surface area contributed by atoms with Gasteiger partial charge in [-0.2, -0.15) is 5.10 Å². The van der Waals surface area contributed by atoms with Crippen molar-refractivity contribution in [2.45, 2.75) is 19.4 Å². The number of aryl methyl sites for hydroxylation is 1. The molecule has 0 amide bonds. The number of hydrogen-bond donors (Lipinski definition) is 1. The zero-order valence-electron chi connectivity index (χ0n) is 11.7. The molecule has 0 saturated heterocycles. The predicted molar refractivity (Wildman–Crippen MR) is 76.7 cm³/mol. The van der Waals surface area contributed by atoms with E-state index in [1.807, 2.05) is 6.92 Å². The fraction of sp³-hybridized carbons (Fsp3) is 0.333. The number of nitrogens with zero attached hydrogens (tertiary/aromatic N) is 2. The van der Waals surface area contributed by atoms with Crippen molar-refractivity contribution < 1.29 is 9.53 Å². The molecule has 0 aliphatic carbocycles. The number of aromatic nitrogens is 2. The van der Waals surface area contributed by atoms with Gasteiger partial charge in [0.15, 0.2) is 5.78 Å². The van der Waals surface area contributed by atoms with Crippen LogP contribution in [0.5, 0.6) is 5.75 Å². The first-order chi connectivity index (χ1) is 9.61. The van der Waals surface area contributed by atoms with Gasteiger partial charge in [-0.25, -0.2) is 0 Å². The number of Topliss-reactive ketones (excluding diaryl/α,β-unsaturated/α-hetero) is 1. The Morgan fingerprint density at radius 1 is 1.40 bits per heavy atom. The molecular formula is C15H19N3O2. The van der Waals surface area contributed by atoms with E-state index in [1.165, 1.54) is 0 Å². The molecule has 0 aliphatic rings. The van der Waals surface area contributed by atoms with Crippen LogP contribution in [0.2, 0.25) is 0 Å². The van der Waals surface area contributed by atoms with Gasteiger partial charge in [-0.3, -0.25) is 9.48 Å². The Kier molecular flexibility index (Phi) is 4.53. The molecule has 2 aromatic rings. The summed E-state index contributed by atoms with van der Waals surface area (Å²) in [5.41, 5.74) is 7.25. The van der Waals surface area contributed by atoms with Crippen molar-refractivity contribution >= 4 is 5.78 Å². The van der Waals surface area contributed by atoms with E-state index in [1.54, 1.807) is 48.4 Å². The second kappa shape index (κ2) is 6.34. The average molecular weight is 273 g/mol. The molecule has 20 heavy (non-hydrogen) atoms. The van der Waals surface area contributed by atoms with Crippen LogP contribution in [0.15, 0.2) is 36.7 Å². The van der Waals surface area contributed by atoms with Crippen LogP contribution in [0.25, 0.3) is 0 Å². The van der Waals surface area contributed by atoms with E-state index in [-0.39, 0.29) is 5.78 Å². The van der Waals surface area contributed by atoms with E-state index in [0.29, 0.717) is 17.7 Å². The summed E-state index contributed by atoms with van der Waals surface area (Å²) in [5, 5.41) is 4.03. The van der Waals surface area contributed by atoms with Gasteiger partial charge in [0.05, 0.1) is 18.8 Å². The number of carbonyl (C=O) groups excluding carboxylic acids is 1. The minimum absolute atomic E-state index is 0.125. The molecule has 106 valence electrons. The first kappa shape index (κ1) is 14.3. The lowest BCUT2D eigenvalue weighted by Gasteiger charge is -2.09. The van der Waals surface area contributed by atoms with Crippen LogP contribution in [-0.4, -0.2) is 22.2 Å². The van der Waals surface area contributed by atoms with Gasteiger partial charge in [0, 0.05) is 24.4 Å². The number of nitrogens with two attached hydrogens (primary N) is 1. The highest BCUT2D eigenvalue weighted by Crippen LogP contribution is 2.18. The quantitative estimate of drug-likeness (QED) is 0.818. The number of rotatable bonds is 6. The summed E-state index contributed by atoms with van der Waals surface area (Å²) >= 11 is 0. The van der Waals surface area contributed by atoms with E-state index in [2.05, 4.69) is 5.10 Å². The SMILES string of the molecule is CCCOc1ccc(C(=O)C(N)c2cnn(C)c2)cc1. The van der Waals surface area contributed by atoms with Crippen molar-refractivity contribution in [1.29, 1.82) is 0 Å². The Bertz CT molecular complexity index is 575. The highest BCUT2D eigenvalue weighted by Gasteiger charge is 2.19. The Morgan fingerprint density at radius 2 is 2.10 bits per heavy atom. The Morgan fingerprint density at radius 3 is 2.65 bits per heavy atom. The Balaban J connectivity index is 2.08. The van der Waals surface area contributed by atoms with Gasteiger partial charge in [0.2, 0.25) is 0 Å². The Hall–Kier alpha value is -2.14. The molecule has 2 rings (SSSR count). The molecule has 0 bridgehead atoms. The fourth-order valence-corrected chi connectivity index (χ4v) is 1.87. The standard InChI is InChI=1S/C15H19N3O2/c1-3-8-20-13-6-4-11(5-7-13)15(19)14(16)12-9-17-18(2)10-12/h4-7,9-10,14H,3,8,16H2,1-2H3. The maximum Gasteiger partial charge on any atom is 0.184 e. The van der Waals surface area contributed by atoms with E-state index >= 15 is 0 Å². The number of ketones is 1. The second-order valence-electron chi connectivity index (χ2n) is 4.66. The normalized spacial score (nSPS) is 12.2. The summed E-state index contributed by atoms with van der Waals surface area (Å²) in [7, 11) is 1.79. The molecule has 0 spiro atoms. The van der Waals surface area contributed by atoms with E-state index in [4.69, 9.17) is 10.5 Å². The minimum Gasteiger partial charge on any atom is -0.494 e. The van der Waals surface area contributed by atoms with E-state index in [0.717, 1.165) is 12.2 Å². The molecule has 0 aliphatic heterocycles. The molecular weight excluding hydrogens is 254 g/mol. The molecule has 0 saturated carbocycles. The third kappa shape index (κ3) is 3.24. The average Bonchev–Trinajstić information content (AvgIpc) is 2.90. The van der Waals surface area contributed by atoms with Crippen molar-refractivity contribution in [3.05, 3.63) is 47.8 Å². The fourth-order valence-electron chi connectivity index (χ4n) is 1.87. The molecule has 1 atom stereocenters. The third-order valence-electron chi connectivity index (χ3n) is 2.98. The zero-order valence-corrected chi connectivity index (χ0v) is 11.7. The maximum atomic E-state index is 12.3. The summed E-state index contributed by atoms with van der Waals surface area (Å²) in [6.07, 6.45) is 4.31. The molecule has 1 aromatic heterocycles.